The Hall–Kier alpha value is -2.75. The zero-order chi connectivity index (χ0) is 16.4. The summed E-state index contributed by atoms with van der Waals surface area (Å²) in [6, 6.07) is 13.5. The third kappa shape index (κ3) is 3.21. The fourth-order valence-electron chi connectivity index (χ4n) is 2.02. The molecule has 0 aliphatic rings. The predicted octanol–water partition coefficient (Wildman–Crippen LogP) is 4.92. The molecule has 0 N–H and O–H groups in total. The molecule has 0 saturated heterocycles. The number of nitro benzene ring substituents is 1. The summed E-state index contributed by atoms with van der Waals surface area (Å²) in [5.41, 5.74) is 1.85. The van der Waals surface area contributed by atoms with Crippen molar-refractivity contribution >= 4 is 50.5 Å². The Balaban J connectivity index is 2.00. The Bertz CT molecular complexity index is 971. The Morgan fingerprint density at radius 2 is 2.04 bits per heavy atom. The maximum atomic E-state index is 10.7. The fourth-order valence-corrected chi connectivity index (χ4v) is 3.09. The van der Waals surface area contributed by atoms with E-state index in [-0.39, 0.29) is 5.69 Å². The van der Waals surface area contributed by atoms with Gasteiger partial charge in [0.15, 0.2) is 0 Å². The number of aromatic nitrogens is 1. The van der Waals surface area contributed by atoms with Crippen LogP contribution in [0.5, 0.6) is 0 Å². The van der Waals surface area contributed by atoms with E-state index in [2.05, 4.69) is 11.1 Å². The summed E-state index contributed by atoms with van der Waals surface area (Å²) in [5.74, 6) is 0. The van der Waals surface area contributed by atoms with Gasteiger partial charge in [-0.3, -0.25) is 10.1 Å². The first-order valence-corrected chi connectivity index (χ1v) is 7.69. The van der Waals surface area contributed by atoms with Gasteiger partial charge in [0.2, 0.25) is 0 Å². The second kappa shape index (κ2) is 6.16. The number of hydrogen-bond acceptors (Lipinski definition) is 5. The Labute approximate surface area is 140 Å². The molecule has 0 fully saturated rings. The molecule has 1 heterocycles. The number of nitrogens with zero attached hydrogens (tertiary/aromatic N) is 3. The first-order valence-electron chi connectivity index (χ1n) is 6.49. The van der Waals surface area contributed by atoms with Crippen LogP contribution in [-0.4, -0.2) is 9.91 Å². The van der Waals surface area contributed by atoms with Crippen molar-refractivity contribution in [3.8, 4) is 6.07 Å². The summed E-state index contributed by atoms with van der Waals surface area (Å²) >= 11 is 7.34. The molecule has 0 bridgehead atoms. The molecule has 5 nitrogen and oxygen atoms in total. The average molecular weight is 342 g/mol. The van der Waals surface area contributed by atoms with Crippen molar-refractivity contribution in [1.29, 1.82) is 5.26 Å². The van der Waals surface area contributed by atoms with Gasteiger partial charge in [0.05, 0.1) is 20.7 Å². The standard InChI is InChI=1S/C16H8ClN3O2S/c17-12-3-6-15-14(8-12)19-16(23-15)11(9-18)7-10-1-4-13(5-2-10)20(21)22/h1-8H. The molecule has 0 radical (unpaired) electrons. The highest BCUT2D eigenvalue weighted by Gasteiger charge is 2.10. The molecule has 0 saturated carbocycles. The zero-order valence-electron chi connectivity index (χ0n) is 11.6. The van der Waals surface area contributed by atoms with Crippen LogP contribution in [0.25, 0.3) is 21.9 Å². The molecule has 0 atom stereocenters. The van der Waals surface area contributed by atoms with Gasteiger partial charge in [-0.15, -0.1) is 11.3 Å². The van der Waals surface area contributed by atoms with Gasteiger partial charge < -0.3 is 0 Å². The molecule has 0 amide bonds. The summed E-state index contributed by atoms with van der Waals surface area (Å²) in [6.07, 6.45) is 1.66. The van der Waals surface area contributed by atoms with Gasteiger partial charge in [0.25, 0.3) is 5.69 Å². The summed E-state index contributed by atoms with van der Waals surface area (Å²) in [5, 5.41) is 21.2. The number of non-ortho nitro benzene ring substituents is 1. The van der Waals surface area contributed by atoms with E-state index in [1.807, 2.05) is 6.07 Å². The van der Waals surface area contributed by atoms with E-state index in [0.29, 0.717) is 21.2 Å². The lowest BCUT2D eigenvalue weighted by Crippen LogP contribution is -1.87. The van der Waals surface area contributed by atoms with Crippen LogP contribution < -0.4 is 0 Å². The van der Waals surface area contributed by atoms with E-state index in [1.54, 1.807) is 30.3 Å². The smallest absolute Gasteiger partial charge is 0.258 e. The maximum Gasteiger partial charge on any atom is 0.269 e. The van der Waals surface area contributed by atoms with E-state index in [4.69, 9.17) is 11.6 Å². The molecule has 1 aromatic heterocycles. The summed E-state index contributed by atoms with van der Waals surface area (Å²) in [6.45, 7) is 0. The first kappa shape index (κ1) is 15.2. The van der Waals surface area contributed by atoms with Gasteiger partial charge in [-0.1, -0.05) is 11.6 Å². The normalized spacial score (nSPS) is 11.4. The fraction of sp³-hybridized carbons (Fsp3) is 0. The SMILES string of the molecule is N#CC(=Cc1ccc([N+](=O)[O-])cc1)c1nc2cc(Cl)ccc2s1. The lowest BCUT2D eigenvalue weighted by atomic mass is 10.1. The third-order valence-corrected chi connectivity index (χ3v) is 4.42. The number of benzene rings is 2. The average Bonchev–Trinajstić information content (AvgIpc) is 2.95. The van der Waals surface area contributed by atoms with Crippen LogP contribution in [-0.2, 0) is 0 Å². The molecule has 7 heteroatoms. The topological polar surface area (TPSA) is 79.8 Å². The predicted molar refractivity (Wildman–Crippen MR) is 91.2 cm³/mol. The molecule has 2 aromatic carbocycles. The van der Waals surface area contributed by atoms with Crippen molar-refractivity contribution in [2.75, 3.05) is 0 Å². The van der Waals surface area contributed by atoms with Crippen molar-refractivity contribution in [2.45, 2.75) is 0 Å². The minimum absolute atomic E-state index is 0.00952. The van der Waals surface area contributed by atoms with Gasteiger partial charge in [0.1, 0.15) is 11.1 Å². The highest BCUT2D eigenvalue weighted by atomic mass is 35.5. The van der Waals surface area contributed by atoms with Crippen molar-refractivity contribution in [3.05, 3.63) is 68.2 Å². The van der Waals surface area contributed by atoms with Crippen molar-refractivity contribution in [2.24, 2.45) is 0 Å². The molecule has 0 unspecified atom stereocenters. The second-order valence-electron chi connectivity index (χ2n) is 4.65. The van der Waals surface area contributed by atoms with Gasteiger partial charge in [-0.2, -0.15) is 5.26 Å². The maximum absolute atomic E-state index is 10.7. The Kier molecular flexibility index (Phi) is 4.06. The van der Waals surface area contributed by atoms with E-state index in [1.165, 1.54) is 23.5 Å². The van der Waals surface area contributed by atoms with E-state index < -0.39 is 4.92 Å². The number of rotatable bonds is 3. The lowest BCUT2D eigenvalue weighted by Gasteiger charge is -1.95. The Morgan fingerprint density at radius 3 is 2.70 bits per heavy atom. The summed E-state index contributed by atoms with van der Waals surface area (Å²) < 4.78 is 0.939. The molecule has 112 valence electrons. The molecule has 3 rings (SSSR count). The van der Waals surface area contributed by atoms with E-state index in [9.17, 15) is 15.4 Å². The number of fused-ring (bicyclic) bond motifs is 1. The molecular weight excluding hydrogens is 334 g/mol. The number of nitro groups is 1. The molecule has 23 heavy (non-hydrogen) atoms. The largest absolute Gasteiger partial charge is 0.269 e. The second-order valence-corrected chi connectivity index (χ2v) is 6.12. The minimum atomic E-state index is -0.462. The van der Waals surface area contributed by atoms with Gasteiger partial charge in [-0.05, 0) is 42.0 Å². The summed E-state index contributed by atoms with van der Waals surface area (Å²) in [7, 11) is 0. The third-order valence-electron chi connectivity index (χ3n) is 3.12. The van der Waals surface area contributed by atoms with Gasteiger partial charge in [0, 0.05) is 17.2 Å². The van der Waals surface area contributed by atoms with Crippen molar-refractivity contribution in [1.82, 2.24) is 4.98 Å². The van der Waals surface area contributed by atoms with Gasteiger partial charge in [-0.25, -0.2) is 4.98 Å². The molecule has 0 aliphatic carbocycles. The highest BCUT2D eigenvalue weighted by molar-refractivity contribution is 7.19. The number of halogens is 1. The zero-order valence-corrected chi connectivity index (χ0v) is 13.1. The lowest BCUT2D eigenvalue weighted by molar-refractivity contribution is -0.384. The number of allylic oxidation sites excluding steroid dienone is 1. The number of hydrogen-bond donors (Lipinski definition) is 0. The molecule has 0 aliphatic heterocycles. The van der Waals surface area contributed by atoms with Crippen LogP contribution in [0.1, 0.15) is 10.6 Å². The first-order chi connectivity index (χ1) is 11.1. The molecular formula is C16H8ClN3O2S. The van der Waals surface area contributed by atoms with Gasteiger partial charge >= 0.3 is 0 Å². The monoisotopic (exact) mass is 341 g/mol. The van der Waals surface area contributed by atoms with Crippen LogP contribution in [0.4, 0.5) is 5.69 Å². The molecule has 0 spiro atoms. The van der Waals surface area contributed by atoms with E-state index in [0.717, 1.165) is 10.2 Å². The van der Waals surface area contributed by atoms with Crippen LogP contribution in [0.15, 0.2) is 42.5 Å². The van der Waals surface area contributed by atoms with Crippen molar-refractivity contribution in [3.63, 3.8) is 0 Å². The van der Waals surface area contributed by atoms with Crippen LogP contribution in [0, 0.1) is 21.4 Å². The highest BCUT2D eigenvalue weighted by Crippen LogP contribution is 2.30. The summed E-state index contributed by atoms with van der Waals surface area (Å²) in [4.78, 5) is 14.6. The van der Waals surface area contributed by atoms with Crippen LogP contribution in [0.2, 0.25) is 5.02 Å². The Morgan fingerprint density at radius 1 is 1.30 bits per heavy atom. The van der Waals surface area contributed by atoms with Crippen molar-refractivity contribution < 1.29 is 4.92 Å². The van der Waals surface area contributed by atoms with Crippen LogP contribution >= 0.6 is 22.9 Å². The van der Waals surface area contributed by atoms with E-state index >= 15 is 0 Å². The minimum Gasteiger partial charge on any atom is -0.258 e. The number of thiazole rings is 1. The number of nitriles is 1. The quantitative estimate of drug-likeness (QED) is 0.384. The molecule has 3 aromatic rings. The van der Waals surface area contributed by atoms with Crippen LogP contribution in [0.3, 0.4) is 0 Å².